The molecule has 0 saturated carbocycles. The summed E-state index contributed by atoms with van der Waals surface area (Å²) < 4.78 is 0. The van der Waals surface area contributed by atoms with Crippen LogP contribution in [-0.4, -0.2) is 30.9 Å². The van der Waals surface area contributed by atoms with Crippen LogP contribution in [0, 0.1) is 5.92 Å². The molecular weight excluding hydrogens is 248 g/mol. The normalized spacial score (nSPS) is 12.2. The summed E-state index contributed by atoms with van der Waals surface area (Å²) in [6.07, 6.45) is 1.58. The zero-order valence-corrected chi connectivity index (χ0v) is 11.8. The van der Waals surface area contributed by atoms with Crippen molar-refractivity contribution in [3.63, 3.8) is 0 Å². The molecule has 100 valence electrons. The second-order valence-electron chi connectivity index (χ2n) is 4.61. The first-order chi connectivity index (χ1) is 8.54. The van der Waals surface area contributed by atoms with Gasteiger partial charge < -0.3 is 10.6 Å². The van der Waals surface area contributed by atoms with Gasteiger partial charge in [-0.05, 0) is 37.1 Å². The number of halogens is 1. The van der Waals surface area contributed by atoms with E-state index in [1.807, 2.05) is 38.2 Å². The van der Waals surface area contributed by atoms with Gasteiger partial charge in [-0.2, -0.15) is 0 Å². The zero-order chi connectivity index (χ0) is 13.5. The van der Waals surface area contributed by atoms with Crippen LogP contribution in [0.25, 0.3) is 0 Å². The van der Waals surface area contributed by atoms with Gasteiger partial charge in [-0.25, -0.2) is 0 Å². The minimum absolute atomic E-state index is 0.00483. The lowest BCUT2D eigenvalue weighted by molar-refractivity contribution is -0.133. The average Bonchev–Trinajstić information content (AvgIpc) is 2.37. The maximum absolute atomic E-state index is 12.0. The fourth-order valence-corrected chi connectivity index (χ4v) is 1.93. The number of hydrogen-bond acceptors (Lipinski definition) is 2. The Morgan fingerprint density at radius 2 is 2.00 bits per heavy atom. The third-order valence-electron chi connectivity index (χ3n) is 3.05. The molecule has 2 N–H and O–H groups in total. The number of carbonyl (C=O) groups is 1. The zero-order valence-electron chi connectivity index (χ0n) is 11.0. The van der Waals surface area contributed by atoms with Gasteiger partial charge in [0.25, 0.3) is 0 Å². The molecule has 1 rings (SSSR count). The number of hydrogen-bond donors (Lipinski definition) is 1. The van der Waals surface area contributed by atoms with Crippen LogP contribution in [0.3, 0.4) is 0 Å². The van der Waals surface area contributed by atoms with Crippen molar-refractivity contribution in [1.82, 2.24) is 4.90 Å². The van der Waals surface area contributed by atoms with E-state index in [1.165, 1.54) is 5.56 Å². The molecule has 0 aromatic heterocycles. The fraction of sp³-hybridized carbons (Fsp3) is 0.500. The van der Waals surface area contributed by atoms with E-state index in [4.69, 9.17) is 17.3 Å². The Hall–Kier alpha value is -1.06. The molecule has 0 radical (unpaired) electrons. The number of amides is 1. The van der Waals surface area contributed by atoms with Crippen LogP contribution in [0.2, 0.25) is 5.02 Å². The Labute approximate surface area is 114 Å². The highest BCUT2D eigenvalue weighted by Crippen LogP contribution is 2.11. The standard InChI is InChI=1S/C14H21ClN2O/c1-11(7-9-16)14(18)17(2)10-8-12-3-5-13(15)6-4-12/h3-6,11H,7-10,16H2,1-2H3. The van der Waals surface area contributed by atoms with Crippen molar-refractivity contribution in [2.24, 2.45) is 11.7 Å². The van der Waals surface area contributed by atoms with Crippen LogP contribution >= 0.6 is 11.6 Å². The number of carbonyl (C=O) groups excluding carboxylic acids is 1. The van der Waals surface area contributed by atoms with Crippen molar-refractivity contribution in [2.75, 3.05) is 20.1 Å². The first-order valence-corrected chi connectivity index (χ1v) is 6.62. The fourth-order valence-electron chi connectivity index (χ4n) is 1.81. The number of rotatable bonds is 6. The second-order valence-corrected chi connectivity index (χ2v) is 5.05. The molecule has 0 spiro atoms. The van der Waals surface area contributed by atoms with Crippen molar-refractivity contribution >= 4 is 17.5 Å². The van der Waals surface area contributed by atoms with E-state index in [0.29, 0.717) is 6.54 Å². The third kappa shape index (κ3) is 4.67. The maximum Gasteiger partial charge on any atom is 0.225 e. The first kappa shape index (κ1) is 15.0. The molecule has 1 aromatic rings. The van der Waals surface area contributed by atoms with E-state index >= 15 is 0 Å². The Balaban J connectivity index is 2.43. The van der Waals surface area contributed by atoms with Gasteiger partial charge in [0.2, 0.25) is 5.91 Å². The van der Waals surface area contributed by atoms with Gasteiger partial charge in [0.15, 0.2) is 0 Å². The molecule has 0 aliphatic carbocycles. The SMILES string of the molecule is CC(CCN)C(=O)N(C)CCc1ccc(Cl)cc1. The lowest BCUT2D eigenvalue weighted by Crippen LogP contribution is -2.34. The van der Waals surface area contributed by atoms with Crippen LogP contribution in [0.15, 0.2) is 24.3 Å². The Bertz CT molecular complexity index is 378. The number of nitrogens with two attached hydrogens (primary N) is 1. The summed E-state index contributed by atoms with van der Waals surface area (Å²) in [4.78, 5) is 13.7. The molecule has 0 fully saturated rings. The summed E-state index contributed by atoms with van der Waals surface area (Å²) in [5, 5.41) is 0.736. The van der Waals surface area contributed by atoms with Gasteiger partial charge in [-0.3, -0.25) is 4.79 Å². The molecule has 1 amide bonds. The highest BCUT2D eigenvalue weighted by molar-refractivity contribution is 6.30. The van der Waals surface area contributed by atoms with Crippen molar-refractivity contribution in [2.45, 2.75) is 19.8 Å². The summed E-state index contributed by atoms with van der Waals surface area (Å²) in [6, 6.07) is 7.72. The van der Waals surface area contributed by atoms with Crippen LogP contribution in [0.1, 0.15) is 18.9 Å². The van der Waals surface area contributed by atoms with Gasteiger partial charge in [-0.1, -0.05) is 30.7 Å². The van der Waals surface area contributed by atoms with Gasteiger partial charge in [0.05, 0.1) is 0 Å². The van der Waals surface area contributed by atoms with Crippen molar-refractivity contribution in [1.29, 1.82) is 0 Å². The largest absolute Gasteiger partial charge is 0.345 e. The molecule has 0 aliphatic rings. The first-order valence-electron chi connectivity index (χ1n) is 6.24. The van der Waals surface area contributed by atoms with Crippen LogP contribution in [-0.2, 0) is 11.2 Å². The quantitative estimate of drug-likeness (QED) is 0.861. The summed E-state index contributed by atoms with van der Waals surface area (Å²) in [5.41, 5.74) is 6.65. The molecule has 3 nitrogen and oxygen atoms in total. The molecular formula is C14H21ClN2O. The average molecular weight is 269 g/mol. The number of benzene rings is 1. The van der Waals surface area contributed by atoms with Crippen LogP contribution in [0.4, 0.5) is 0 Å². The summed E-state index contributed by atoms with van der Waals surface area (Å²) in [5.74, 6) is 0.166. The minimum Gasteiger partial charge on any atom is -0.345 e. The lowest BCUT2D eigenvalue weighted by Gasteiger charge is -2.21. The van der Waals surface area contributed by atoms with Crippen molar-refractivity contribution < 1.29 is 4.79 Å². The monoisotopic (exact) mass is 268 g/mol. The van der Waals surface area contributed by atoms with Crippen LogP contribution in [0.5, 0.6) is 0 Å². The third-order valence-corrected chi connectivity index (χ3v) is 3.30. The van der Waals surface area contributed by atoms with E-state index in [-0.39, 0.29) is 11.8 Å². The van der Waals surface area contributed by atoms with Crippen molar-refractivity contribution in [3.05, 3.63) is 34.9 Å². The van der Waals surface area contributed by atoms with Gasteiger partial charge in [0.1, 0.15) is 0 Å². The van der Waals surface area contributed by atoms with E-state index in [2.05, 4.69) is 0 Å². The minimum atomic E-state index is 0.00483. The molecule has 0 saturated heterocycles. The molecule has 1 aromatic carbocycles. The molecule has 0 heterocycles. The van der Waals surface area contributed by atoms with E-state index in [9.17, 15) is 4.79 Å². The highest BCUT2D eigenvalue weighted by Gasteiger charge is 2.16. The summed E-state index contributed by atoms with van der Waals surface area (Å²) >= 11 is 5.82. The Morgan fingerprint density at radius 1 is 1.39 bits per heavy atom. The highest BCUT2D eigenvalue weighted by atomic mass is 35.5. The Morgan fingerprint density at radius 3 is 2.56 bits per heavy atom. The van der Waals surface area contributed by atoms with Gasteiger partial charge in [-0.15, -0.1) is 0 Å². The lowest BCUT2D eigenvalue weighted by atomic mass is 10.1. The number of nitrogens with zero attached hydrogens (tertiary/aromatic N) is 1. The molecule has 0 bridgehead atoms. The molecule has 1 atom stereocenters. The van der Waals surface area contributed by atoms with Gasteiger partial charge >= 0.3 is 0 Å². The predicted molar refractivity (Wildman–Crippen MR) is 75.6 cm³/mol. The topological polar surface area (TPSA) is 46.3 Å². The second kappa shape index (κ2) is 7.39. The molecule has 18 heavy (non-hydrogen) atoms. The molecule has 4 heteroatoms. The molecule has 0 aliphatic heterocycles. The predicted octanol–water partition coefficient (Wildman–Crippen LogP) is 2.33. The number of likely N-dealkylation sites (N-methyl/N-ethyl adjacent to an activating group) is 1. The van der Waals surface area contributed by atoms with Gasteiger partial charge in [0, 0.05) is 24.5 Å². The maximum atomic E-state index is 12.0. The van der Waals surface area contributed by atoms with E-state index in [1.54, 1.807) is 4.90 Å². The summed E-state index contributed by atoms with van der Waals surface area (Å²) in [6.45, 7) is 3.20. The Kier molecular flexibility index (Phi) is 6.16. The van der Waals surface area contributed by atoms with Crippen LogP contribution < -0.4 is 5.73 Å². The molecule has 1 unspecified atom stereocenters. The smallest absolute Gasteiger partial charge is 0.225 e. The van der Waals surface area contributed by atoms with Crippen molar-refractivity contribution in [3.8, 4) is 0 Å². The van der Waals surface area contributed by atoms with E-state index < -0.39 is 0 Å². The summed E-state index contributed by atoms with van der Waals surface area (Å²) in [7, 11) is 1.84. The van der Waals surface area contributed by atoms with E-state index in [0.717, 1.165) is 24.4 Å².